The van der Waals surface area contributed by atoms with Crippen molar-refractivity contribution in [2.24, 2.45) is 10.2 Å². The average molecular weight is 383 g/mol. The predicted molar refractivity (Wildman–Crippen MR) is 101 cm³/mol. The molecule has 1 rings (SSSR count). The highest BCUT2D eigenvalue weighted by molar-refractivity contribution is 7.34. The number of benzene rings is 1. The van der Waals surface area contributed by atoms with Crippen molar-refractivity contribution in [2.75, 3.05) is 20.3 Å². The third-order valence-corrected chi connectivity index (χ3v) is 4.55. The van der Waals surface area contributed by atoms with E-state index in [4.69, 9.17) is 14.0 Å². The highest BCUT2D eigenvalue weighted by Gasteiger charge is 2.24. The summed E-state index contributed by atoms with van der Waals surface area (Å²) in [6, 6.07) is 6.48. The van der Waals surface area contributed by atoms with Crippen LogP contribution in [0, 0.1) is 5.41 Å². The van der Waals surface area contributed by atoms with E-state index < -0.39 is 20.2 Å². The summed E-state index contributed by atoms with van der Waals surface area (Å²) in [5.74, 6) is -0.0890. The normalized spacial score (nSPS) is 14.1. The Labute approximate surface area is 157 Å². The maximum atomic E-state index is 12.0. The minimum atomic E-state index is -2.36. The lowest BCUT2D eigenvalue weighted by Crippen LogP contribution is -2.29. The average Bonchev–Trinajstić information content (AvgIpc) is 2.52. The van der Waals surface area contributed by atoms with Crippen molar-refractivity contribution in [2.45, 2.75) is 53.0 Å². The molecule has 0 fully saturated rings. The number of nitrogens with zero attached hydrogens (tertiary/aromatic N) is 1. The van der Waals surface area contributed by atoms with Crippen LogP contribution < -0.4 is 9.42 Å². The summed E-state index contributed by atoms with van der Waals surface area (Å²) in [5, 5.41) is 0. The molecule has 0 N–H and O–H groups in total. The van der Waals surface area contributed by atoms with Gasteiger partial charge in [-0.15, -0.1) is 0 Å². The molecule has 1 aromatic carbocycles. The van der Waals surface area contributed by atoms with Crippen LogP contribution in [0.2, 0.25) is 0 Å². The number of methoxy groups -OCH3 is 1. The second-order valence-electron chi connectivity index (χ2n) is 8.10. The second kappa shape index (κ2) is 9.45. The molecule has 26 heavy (non-hydrogen) atoms. The molecule has 146 valence electrons. The Kier molecular flexibility index (Phi) is 8.19. The smallest absolute Gasteiger partial charge is 0.395 e. The van der Waals surface area contributed by atoms with E-state index in [9.17, 15) is 9.69 Å². The molecule has 6 nitrogen and oxygen atoms in total. The molecule has 0 aliphatic heterocycles. The Morgan fingerprint density at radius 2 is 1.73 bits per heavy atom. The van der Waals surface area contributed by atoms with E-state index >= 15 is 0 Å². The van der Waals surface area contributed by atoms with Gasteiger partial charge in [0.05, 0.1) is 13.2 Å². The van der Waals surface area contributed by atoms with Crippen molar-refractivity contribution < 1.29 is 23.7 Å². The molecular weight excluding hydrogens is 353 g/mol. The molecule has 2 atom stereocenters. The van der Waals surface area contributed by atoms with Crippen molar-refractivity contribution in [3.63, 3.8) is 0 Å². The van der Waals surface area contributed by atoms with Crippen molar-refractivity contribution >= 4 is 14.1 Å². The van der Waals surface area contributed by atoms with Crippen molar-refractivity contribution in [1.29, 1.82) is 0 Å². The van der Waals surface area contributed by atoms with Gasteiger partial charge in [0.15, 0.2) is 11.8 Å². The van der Waals surface area contributed by atoms with Gasteiger partial charge in [-0.1, -0.05) is 51.5 Å². The van der Waals surface area contributed by atoms with Gasteiger partial charge >= 0.3 is 14.1 Å². The minimum absolute atomic E-state index is 0.0277. The van der Waals surface area contributed by atoms with Gasteiger partial charge in [-0.05, 0) is 30.0 Å². The lowest BCUT2D eigenvalue weighted by molar-refractivity contribution is -0.169. The van der Waals surface area contributed by atoms with E-state index in [0.29, 0.717) is 12.4 Å². The molecule has 0 bridgehead atoms. The van der Waals surface area contributed by atoms with Crippen LogP contribution in [0.3, 0.4) is 0 Å². The largest absolute Gasteiger partial charge is 0.575 e. The summed E-state index contributed by atoms with van der Waals surface area (Å²) in [4.78, 5) is 24.0. The van der Waals surface area contributed by atoms with E-state index in [2.05, 4.69) is 25.5 Å². The Balaban J connectivity index is 2.61. The van der Waals surface area contributed by atoms with E-state index in [-0.39, 0.29) is 17.4 Å². The molecule has 7 heteroatoms. The molecule has 0 amide bonds. The van der Waals surface area contributed by atoms with E-state index in [0.717, 1.165) is 5.56 Å². The molecule has 0 aliphatic carbocycles. The maximum Gasteiger partial charge on any atom is 0.395 e. The van der Waals surface area contributed by atoms with Crippen LogP contribution in [-0.4, -0.2) is 32.3 Å². The van der Waals surface area contributed by atoms with Gasteiger partial charge in [-0.3, -0.25) is 4.52 Å². The zero-order valence-electron chi connectivity index (χ0n) is 16.7. The summed E-state index contributed by atoms with van der Waals surface area (Å²) >= 11 is 0. The van der Waals surface area contributed by atoms with E-state index in [1.54, 1.807) is 19.2 Å². The van der Waals surface area contributed by atoms with Gasteiger partial charge in [0.25, 0.3) is 0 Å². The fourth-order valence-corrected chi connectivity index (χ4v) is 2.86. The van der Waals surface area contributed by atoms with Crippen LogP contribution in [-0.2, 0) is 19.7 Å². The first-order valence-electron chi connectivity index (χ1n) is 8.57. The number of rotatable bonds is 8. The first kappa shape index (κ1) is 22.6. The lowest BCUT2D eigenvalue weighted by atomic mass is 9.87. The summed E-state index contributed by atoms with van der Waals surface area (Å²) in [6.45, 7) is 12.4. The third-order valence-electron chi connectivity index (χ3n) is 3.65. The van der Waals surface area contributed by atoms with E-state index in [1.165, 1.54) is 6.92 Å². The maximum absolute atomic E-state index is 12.0. The summed E-state index contributed by atoms with van der Waals surface area (Å²) in [5.41, 5.74) is 0.880. The van der Waals surface area contributed by atoms with Crippen LogP contribution >= 0.6 is 8.17 Å². The summed E-state index contributed by atoms with van der Waals surface area (Å²) in [7, 11) is -0.768. The van der Waals surface area contributed by atoms with Crippen LogP contribution in [0.15, 0.2) is 29.0 Å². The Bertz CT molecular complexity index is 620. The molecule has 0 aromatic heterocycles. The monoisotopic (exact) mass is 383 g/mol. The minimum Gasteiger partial charge on any atom is -0.575 e. The van der Waals surface area contributed by atoms with Crippen LogP contribution in [0.4, 0.5) is 0 Å². The highest BCUT2D eigenvalue weighted by Crippen LogP contribution is 2.28. The standard InChI is InChI=1S/C19H30NO5P/c1-14(17(21)24-13-19(5,6)12-23-7)20-26(22)25-16-10-8-15(9-11-16)18(2,3)4/h8-11,14H,12-13H2,1-7H3/t14-/m0/s1. The molecule has 0 heterocycles. The zero-order chi connectivity index (χ0) is 20.0. The number of carbonyl (C=O) groups excluding carboxylic acids is 1. The molecule has 0 radical (unpaired) electrons. The van der Waals surface area contributed by atoms with Crippen LogP contribution in [0.25, 0.3) is 0 Å². The molecular formula is C19H30NO5P. The topological polar surface area (TPSA) is 80.2 Å². The first-order valence-corrected chi connectivity index (χ1v) is 9.70. The van der Waals surface area contributed by atoms with Crippen molar-refractivity contribution in [3.05, 3.63) is 29.8 Å². The van der Waals surface area contributed by atoms with Gasteiger partial charge < -0.3 is 14.4 Å². The first-order chi connectivity index (χ1) is 11.9. The predicted octanol–water partition coefficient (Wildman–Crippen LogP) is 3.82. The zero-order valence-corrected chi connectivity index (χ0v) is 17.6. The number of carbonyl (C=O) groups is 1. The van der Waals surface area contributed by atoms with Crippen LogP contribution in [0.1, 0.15) is 47.1 Å². The number of esters is 1. The lowest BCUT2D eigenvalue weighted by Gasteiger charge is -2.23. The molecule has 1 aromatic rings. The van der Waals surface area contributed by atoms with Gasteiger partial charge in [0.2, 0.25) is 0 Å². The second-order valence-corrected chi connectivity index (χ2v) is 8.99. The summed E-state index contributed by atoms with van der Waals surface area (Å²) in [6.07, 6.45) is 0. The van der Waals surface area contributed by atoms with Gasteiger partial charge in [0, 0.05) is 12.5 Å². The fourth-order valence-electron chi connectivity index (χ4n) is 2.14. The number of hydrogen-bond acceptors (Lipinski definition) is 6. The molecule has 0 aliphatic rings. The number of ether oxygens (including phenoxy) is 2. The van der Waals surface area contributed by atoms with Crippen LogP contribution in [0.5, 0.6) is 5.75 Å². The van der Waals surface area contributed by atoms with E-state index in [1.807, 2.05) is 26.0 Å². The molecule has 0 spiro atoms. The SMILES string of the molecule is COCC(C)(C)COC(=O)[C@H](C)N=[P+]([O-])Oc1ccc(C(C)(C)C)cc1. The Hall–Kier alpha value is -1.49. The van der Waals surface area contributed by atoms with Crippen molar-refractivity contribution in [1.82, 2.24) is 0 Å². The Morgan fingerprint density at radius 3 is 2.23 bits per heavy atom. The fraction of sp³-hybridized carbons (Fsp3) is 0.632. The van der Waals surface area contributed by atoms with Gasteiger partial charge in [0.1, 0.15) is 0 Å². The molecule has 0 saturated heterocycles. The van der Waals surface area contributed by atoms with Gasteiger partial charge in [-0.25, -0.2) is 4.79 Å². The highest BCUT2D eigenvalue weighted by atomic mass is 31.1. The molecule has 0 saturated carbocycles. The van der Waals surface area contributed by atoms with Crippen molar-refractivity contribution in [3.8, 4) is 5.75 Å². The molecule has 1 unspecified atom stereocenters. The third kappa shape index (κ3) is 7.81. The Morgan fingerprint density at radius 1 is 1.15 bits per heavy atom. The number of hydrogen-bond donors (Lipinski definition) is 0. The quantitative estimate of drug-likeness (QED) is 0.504. The summed E-state index contributed by atoms with van der Waals surface area (Å²) < 4.78 is 19.5. The van der Waals surface area contributed by atoms with Gasteiger partial charge in [-0.2, -0.15) is 0 Å².